The second-order valence-electron chi connectivity index (χ2n) is 5.51. The number of carbonyl (C=O) groups is 1. The van der Waals surface area contributed by atoms with E-state index in [1.165, 1.54) is 0 Å². The van der Waals surface area contributed by atoms with Gasteiger partial charge in [-0.2, -0.15) is 0 Å². The van der Waals surface area contributed by atoms with E-state index in [-0.39, 0.29) is 17.4 Å². The fourth-order valence-corrected chi connectivity index (χ4v) is 1.37. The molecule has 0 bridgehead atoms. The summed E-state index contributed by atoms with van der Waals surface area (Å²) in [5.41, 5.74) is 6.76. The lowest BCUT2D eigenvalue weighted by atomic mass is 9.88. The maximum absolute atomic E-state index is 12.1. The molecule has 0 spiro atoms. The first-order chi connectivity index (χ1) is 8.25. The molecular formula is C14H22N2O2. The lowest BCUT2D eigenvalue weighted by Gasteiger charge is -2.28. The van der Waals surface area contributed by atoms with Crippen molar-refractivity contribution < 1.29 is 9.53 Å². The normalized spacial score (nSPS) is 12.9. The molecule has 1 aromatic carbocycles. The van der Waals surface area contributed by atoms with E-state index in [2.05, 4.69) is 26.1 Å². The van der Waals surface area contributed by atoms with Crippen LogP contribution in [-0.4, -0.2) is 19.1 Å². The van der Waals surface area contributed by atoms with Gasteiger partial charge in [0, 0.05) is 17.8 Å². The van der Waals surface area contributed by atoms with Gasteiger partial charge in [0.2, 0.25) is 0 Å². The van der Waals surface area contributed by atoms with E-state index in [1.54, 1.807) is 25.3 Å². The molecule has 1 atom stereocenters. The predicted octanol–water partition coefficient (Wildman–Crippen LogP) is 2.44. The molecule has 0 fully saturated rings. The standard InChI is InChI=1S/C14H22N2O2/c1-9(14(2,3)4)16-13(17)11-7-6-10(18-5)8-12(11)15/h6-9H,15H2,1-5H3,(H,16,17). The van der Waals surface area contributed by atoms with Crippen molar-refractivity contribution in [3.8, 4) is 5.75 Å². The molecule has 0 aliphatic heterocycles. The Kier molecular flexibility index (Phi) is 4.22. The Morgan fingerprint density at radius 1 is 1.39 bits per heavy atom. The topological polar surface area (TPSA) is 64.3 Å². The molecule has 0 saturated carbocycles. The second kappa shape index (κ2) is 5.29. The number of nitrogen functional groups attached to an aromatic ring is 1. The van der Waals surface area contributed by atoms with Crippen LogP contribution in [0.2, 0.25) is 0 Å². The van der Waals surface area contributed by atoms with E-state index in [1.807, 2.05) is 6.92 Å². The Morgan fingerprint density at radius 2 is 2.00 bits per heavy atom. The summed E-state index contributed by atoms with van der Waals surface area (Å²) in [6.45, 7) is 8.22. The van der Waals surface area contributed by atoms with Crippen molar-refractivity contribution in [3.05, 3.63) is 23.8 Å². The van der Waals surface area contributed by atoms with Crippen molar-refractivity contribution in [2.24, 2.45) is 5.41 Å². The summed E-state index contributed by atoms with van der Waals surface area (Å²) in [6.07, 6.45) is 0. The zero-order valence-electron chi connectivity index (χ0n) is 11.7. The Balaban J connectivity index is 2.85. The van der Waals surface area contributed by atoms with Gasteiger partial charge in [0.05, 0.1) is 12.7 Å². The molecule has 1 unspecified atom stereocenters. The minimum Gasteiger partial charge on any atom is -0.497 e. The minimum atomic E-state index is -0.155. The van der Waals surface area contributed by atoms with Gasteiger partial charge in [-0.1, -0.05) is 20.8 Å². The van der Waals surface area contributed by atoms with Crippen molar-refractivity contribution in [1.82, 2.24) is 5.32 Å². The molecule has 18 heavy (non-hydrogen) atoms. The molecule has 1 aromatic rings. The van der Waals surface area contributed by atoms with E-state index in [0.717, 1.165) is 0 Å². The Morgan fingerprint density at radius 3 is 2.44 bits per heavy atom. The van der Waals surface area contributed by atoms with Gasteiger partial charge in [0.15, 0.2) is 0 Å². The van der Waals surface area contributed by atoms with Gasteiger partial charge >= 0.3 is 0 Å². The second-order valence-corrected chi connectivity index (χ2v) is 5.51. The maximum atomic E-state index is 12.1. The zero-order chi connectivity index (χ0) is 13.9. The van der Waals surface area contributed by atoms with Crippen LogP contribution in [0.3, 0.4) is 0 Å². The maximum Gasteiger partial charge on any atom is 0.253 e. The molecule has 3 N–H and O–H groups in total. The summed E-state index contributed by atoms with van der Waals surface area (Å²) in [7, 11) is 1.57. The van der Waals surface area contributed by atoms with Gasteiger partial charge in [0.1, 0.15) is 5.75 Å². The fraction of sp³-hybridized carbons (Fsp3) is 0.500. The summed E-state index contributed by atoms with van der Waals surface area (Å²) < 4.78 is 5.05. The first-order valence-electron chi connectivity index (χ1n) is 6.00. The van der Waals surface area contributed by atoms with Gasteiger partial charge in [0.25, 0.3) is 5.91 Å². The van der Waals surface area contributed by atoms with Crippen molar-refractivity contribution in [2.45, 2.75) is 33.7 Å². The summed E-state index contributed by atoms with van der Waals surface area (Å²) in [5, 5.41) is 2.95. The van der Waals surface area contributed by atoms with Crippen molar-refractivity contribution in [3.63, 3.8) is 0 Å². The largest absolute Gasteiger partial charge is 0.497 e. The summed E-state index contributed by atoms with van der Waals surface area (Å²) >= 11 is 0. The highest BCUT2D eigenvalue weighted by Crippen LogP contribution is 2.22. The van der Waals surface area contributed by atoms with Crippen LogP contribution in [-0.2, 0) is 0 Å². The third kappa shape index (κ3) is 3.39. The first kappa shape index (κ1) is 14.4. The SMILES string of the molecule is COc1ccc(C(=O)NC(C)C(C)(C)C)c(N)c1. The van der Waals surface area contributed by atoms with Gasteiger partial charge in [-0.25, -0.2) is 0 Å². The third-order valence-corrected chi connectivity index (χ3v) is 3.15. The highest BCUT2D eigenvalue weighted by Gasteiger charge is 2.22. The van der Waals surface area contributed by atoms with E-state index in [0.29, 0.717) is 17.0 Å². The number of rotatable bonds is 3. The number of hydrogen-bond donors (Lipinski definition) is 2. The van der Waals surface area contributed by atoms with Gasteiger partial charge in [-0.05, 0) is 24.5 Å². The highest BCUT2D eigenvalue weighted by atomic mass is 16.5. The summed E-state index contributed by atoms with van der Waals surface area (Å²) in [4.78, 5) is 12.1. The number of anilines is 1. The Hall–Kier alpha value is -1.71. The van der Waals surface area contributed by atoms with Crippen LogP contribution in [0, 0.1) is 5.41 Å². The molecule has 0 aromatic heterocycles. The van der Waals surface area contributed by atoms with E-state index < -0.39 is 0 Å². The Labute approximate surface area is 109 Å². The third-order valence-electron chi connectivity index (χ3n) is 3.15. The van der Waals surface area contributed by atoms with Crippen molar-refractivity contribution in [1.29, 1.82) is 0 Å². The monoisotopic (exact) mass is 250 g/mol. The molecule has 0 heterocycles. The van der Waals surface area contributed by atoms with Crippen LogP contribution in [0.25, 0.3) is 0 Å². The molecule has 4 nitrogen and oxygen atoms in total. The number of methoxy groups -OCH3 is 1. The number of hydrogen-bond acceptors (Lipinski definition) is 3. The zero-order valence-corrected chi connectivity index (χ0v) is 11.7. The van der Waals surface area contributed by atoms with Crippen LogP contribution in [0.5, 0.6) is 5.75 Å². The molecule has 100 valence electrons. The number of nitrogens with two attached hydrogens (primary N) is 1. The van der Waals surface area contributed by atoms with Crippen LogP contribution in [0.15, 0.2) is 18.2 Å². The highest BCUT2D eigenvalue weighted by molar-refractivity contribution is 5.99. The smallest absolute Gasteiger partial charge is 0.253 e. The lowest BCUT2D eigenvalue weighted by molar-refractivity contribution is 0.0911. The van der Waals surface area contributed by atoms with Gasteiger partial charge < -0.3 is 15.8 Å². The molecule has 0 radical (unpaired) electrons. The van der Waals surface area contributed by atoms with E-state index in [9.17, 15) is 4.79 Å². The fourth-order valence-electron chi connectivity index (χ4n) is 1.37. The molecule has 1 amide bonds. The summed E-state index contributed by atoms with van der Waals surface area (Å²) in [5.74, 6) is 0.491. The molecule has 0 saturated heterocycles. The predicted molar refractivity (Wildman–Crippen MR) is 73.8 cm³/mol. The molecular weight excluding hydrogens is 228 g/mol. The molecule has 0 aliphatic rings. The Bertz CT molecular complexity index is 436. The van der Waals surface area contributed by atoms with Gasteiger partial charge in [-0.3, -0.25) is 4.79 Å². The molecule has 0 aliphatic carbocycles. The van der Waals surface area contributed by atoms with Crippen molar-refractivity contribution in [2.75, 3.05) is 12.8 Å². The summed E-state index contributed by atoms with van der Waals surface area (Å²) in [6, 6.07) is 5.12. The average molecular weight is 250 g/mol. The van der Waals surface area contributed by atoms with Crippen LogP contribution in [0.1, 0.15) is 38.1 Å². The number of nitrogens with one attached hydrogen (secondary N) is 1. The van der Waals surface area contributed by atoms with Crippen molar-refractivity contribution >= 4 is 11.6 Å². The lowest BCUT2D eigenvalue weighted by Crippen LogP contribution is -2.41. The molecule has 1 rings (SSSR count). The van der Waals surface area contributed by atoms with Gasteiger partial charge in [-0.15, -0.1) is 0 Å². The van der Waals surface area contributed by atoms with E-state index >= 15 is 0 Å². The van der Waals surface area contributed by atoms with Crippen LogP contribution < -0.4 is 15.8 Å². The number of benzene rings is 1. The molecule has 4 heteroatoms. The van der Waals surface area contributed by atoms with E-state index in [4.69, 9.17) is 10.5 Å². The number of ether oxygens (including phenoxy) is 1. The number of carbonyl (C=O) groups excluding carboxylic acids is 1. The minimum absolute atomic E-state index is 0.0108. The quantitative estimate of drug-likeness (QED) is 0.810. The number of amides is 1. The van der Waals surface area contributed by atoms with Crippen LogP contribution in [0.4, 0.5) is 5.69 Å². The first-order valence-corrected chi connectivity index (χ1v) is 6.00. The van der Waals surface area contributed by atoms with Crippen LogP contribution >= 0.6 is 0 Å². The average Bonchev–Trinajstić information content (AvgIpc) is 2.27.